The van der Waals surface area contributed by atoms with E-state index in [1.54, 1.807) is 0 Å². The summed E-state index contributed by atoms with van der Waals surface area (Å²) < 4.78 is 28.1. The van der Waals surface area contributed by atoms with Gasteiger partial charge in [-0.1, -0.05) is 77.0 Å². The molecule has 2 fully saturated rings. The van der Waals surface area contributed by atoms with Gasteiger partial charge in [-0.15, -0.1) is 0 Å². The number of hydrogen-bond donors (Lipinski definition) is 7. The van der Waals surface area contributed by atoms with Crippen LogP contribution in [0.5, 0.6) is 0 Å². The van der Waals surface area contributed by atoms with Gasteiger partial charge in [0.1, 0.15) is 55.4 Å². The van der Waals surface area contributed by atoms with E-state index in [9.17, 15) is 40.2 Å². The SMILES string of the molecule is CC(=O)OC[C@H]1O[C@@H](OC(C)CCCCCCCCCCCCCCCC(=O)O)[C@H](O[C@@H]2O[C@H](CO)[C@@H](O)[C@H](O)[C@H]2O)[C@@H](O)[C@@H]1O. The second kappa shape index (κ2) is 22.2. The van der Waals surface area contributed by atoms with E-state index in [-0.39, 0.29) is 19.1 Å². The number of aliphatic hydroxyl groups is 6. The molecule has 7 N–H and O–H groups in total. The molecule has 0 aromatic rings. The molecule has 0 saturated carbocycles. The van der Waals surface area contributed by atoms with Crippen molar-refractivity contribution < 1.29 is 69.0 Å². The molecule has 0 bridgehead atoms. The number of rotatable bonds is 23. The summed E-state index contributed by atoms with van der Waals surface area (Å²) in [6.45, 7) is 2.02. The number of carboxylic acids is 1. The van der Waals surface area contributed by atoms with Crippen molar-refractivity contribution >= 4 is 11.9 Å². The number of carbonyl (C=O) groups is 2. The Hall–Kier alpha value is -1.46. The first-order chi connectivity index (χ1) is 22.0. The summed E-state index contributed by atoms with van der Waals surface area (Å²) >= 11 is 0. The lowest BCUT2D eigenvalue weighted by atomic mass is 9.97. The Bertz CT molecular complexity index is 844. The van der Waals surface area contributed by atoms with Crippen LogP contribution in [0.3, 0.4) is 0 Å². The van der Waals surface area contributed by atoms with Gasteiger partial charge in [0.2, 0.25) is 0 Å². The Morgan fingerprint density at radius 2 is 1.17 bits per heavy atom. The first kappa shape index (κ1) is 40.7. The minimum absolute atomic E-state index is 0.263. The largest absolute Gasteiger partial charge is 0.481 e. The standard InChI is InChI=1S/C32H58O14/c1-20(16-14-12-10-8-6-4-3-5-7-9-11-13-15-17-24(35)36)43-32-30(28(40)26(38)23(45-32)19-42-21(2)34)46-31-29(41)27(39)25(37)22(18-33)44-31/h20,22-23,25-33,37-41H,3-19H2,1-2H3,(H,35,36)/t20?,22-,23-,25-,26-,27+,28+,29-,30-,31+,32-/m1/s1. The zero-order chi connectivity index (χ0) is 34.1. The lowest BCUT2D eigenvalue weighted by Gasteiger charge is -2.46. The first-order valence-corrected chi connectivity index (χ1v) is 16.9. The highest BCUT2D eigenvalue weighted by atomic mass is 16.8. The Kier molecular flexibility index (Phi) is 19.7. The summed E-state index contributed by atoms with van der Waals surface area (Å²) in [5, 5.41) is 70.4. The highest BCUT2D eigenvalue weighted by molar-refractivity contribution is 5.66. The van der Waals surface area contributed by atoms with E-state index in [4.69, 9.17) is 28.8 Å². The summed E-state index contributed by atoms with van der Waals surface area (Å²) in [7, 11) is 0. The molecule has 0 spiro atoms. The molecule has 2 heterocycles. The third-order valence-electron chi connectivity index (χ3n) is 8.60. The Labute approximate surface area is 271 Å². The molecule has 14 nitrogen and oxygen atoms in total. The molecule has 0 amide bonds. The molecule has 1 unspecified atom stereocenters. The van der Waals surface area contributed by atoms with E-state index in [1.807, 2.05) is 6.92 Å². The van der Waals surface area contributed by atoms with Crippen LogP contribution >= 0.6 is 0 Å². The molecule has 2 rings (SSSR count). The van der Waals surface area contributed by atoms with Crippen LogP contribution in [0.15, 0.2) is 0 Å². The van der Waals surface area contributed by atoms with Gasteiger partial charge < -0.3 is 59.4 Å². The van der Waals surface area contributed by atoms with Crippen molar-refractivity contribution in [1.29, 1.82) is 0 Å². The van der Waals surface area contributed by atoms with Crippen molar-refractivity contribution in [3.8, 4) is 0 Å². The van der Waals surface area contributed by atoms with E-state index < -0.39 is 80.0 Å². The lowest BCUT2D eigenvalue weighted by Crippen LogP contribution is -2.65. The molecule has 11 atom stereocenters. The molecule has 0 aromatic heterocycles. The number of hydrogen-bond acceptors (Lipinski definition) is 13. The maximum atomic E-state index is 11.3. The molecular formula is C32H58O14. The molecule has 2 saturated heterocycles. The second-order valence-electron chi connectivity index (χ2n) is 12.6. The Morgan fingerprint density at radius 1 is 0.674 bits per heavy atom. The van der Waals surface area contributed by atoms with Gasteiger partial charge in [0.15, 0.2) is 12.6 Å². The summed E-state index contributed by atoms with van der Waals surface area (Å²) in [4.78, 5) is 21.9. The fourth-order valence-corrected chi connectivity index (χ4v) is 5.78. The van der Waals surface area contributed by atoms with Crippen molar-refractivity contribution in [2.45, 2.75) is 178 Å². The van der Waals surface area contributed by atoms with Gasteiger partial charge in [-0.05, 0) is 19.8 Å². The van der Waals surface area contributed by atoms with Crippen LogP contribution in [-0.2, 0) is 33.3 Å². The van der Waals surface area contributed by atoms with Gasteiger partial charge >= 0.3 is 11.9 Å². The minimum Gasteiger partial charge on any atom is -0.481 e. The second-order valence-corrected chi connectivity index (χ2v) is 12.6. The molecule has 2 aliphatic rings. The third-order valence-corrected chi connectivity index (χ3v) is 8.60. The molecule has 14 heteroatoms. The number of aliphatic hydroxyl groups excluding tert-OH is 6. The maximum absolute atomic E-state index is 11.3. The Morgan fingerprint density at radius 3 is 1.70 bits per heavy atom. The van der Waals surface area contributed by atoms with Crippen molar-refractivity contribution in [2.75, 3.05) is 13.2 Å². The first-order valence-electron chi connectivity index (χ1n) is 16.9. The number of unbranched alkanes of at least 4 members (excludes halogenated alkanes) is 12. The molecule has 270 valence electrons. The summed E-state index contributed by atoms with van der Waals surface area (Å²) in [6.07, 6.45) is -0.0955. The van der Waals surface area contributed by atoms with Crippen molar-refractivity contribution in [2.24, 2.45) is 0 Å². The highest BCUT2D eigenvalue weighted by Gasteiger charge is 2.51. The zero-order valence-corrected chi connectivity index (χ0v) is 27.4. The fourth-order valence-electron chi connectivity index (χ4n) is 5.78. The number of carboxylic acid groups (broad SMARTS) is 1. The monoisotopic (exact) mass is 666 g/mol. The molecular weight excluding hydrogens is 608 g/mol. The van der Waals surface area contributed by atoms with Crippen molar-refractivity contribution in [3.05, 3.63) is 0 Å². The van der Waals surface area contributed by atoms with Gasteiger partial charge in [-0.3, -0.25) is 9.59 Å². The Balaban J connectivity index is 1.76. The number of carbonyl (C=O) groups excluding carboxylic acids is 1. The fraction of sp³-hybridized carbons (Fsp3) is 0.938. The molecule has 46 heavy (non-hydrogen) atoms. The minimum atomic E-state index is -1.74. The van der Waals surface area contributed by atoms with Crippen LogP contribution in [0, 0.1) is 0 Å². The van der Waals surface area contributed by atoms with E-state index in [2.05, 4.69) is 0 Å². The predicted molar refractivity (Wildman–Crippen MR) is 163 cm³/mol. The smallest absolute Gasteiger partial charge is 0.303 e. The normalized spacial score (nSPS) is 32.3. The molecule has 0 radical (unpaired) electrons. The predicted octanol–water partition coefficient (Wildman–Crippen LogP) is 1.52. The maximum Gasteiger partial charge on any atom is 0.303 e. The summed E-state index contributed by atoms with van der Waals surface area (Å²) in [6, 6.07) is 0. The molecule has 0 aromatic carbocycles. The van der Waals surface area contributed by atoms with E-state index in [0.717, 1.165) is 44.9 Å². The quantitative estimate of drug-likeness (QED) is 0.0607. The summed E-state index contributed by atoms with van der Waals surface area (Å²) in [5.41, 5.74) is 0. The van der Waals surface area contributed by atoms with Crippen LogP contribution in [-0.4, -0.2) is 128 Å². The van der Waals surface area contributed by atoms with Crippen molar-refractivity contribution in [1.82, 2.24) is 0 Å². The van der Waals surface area contributed by atoms with Crippen LogP contribution in [0.1, 0.15) is 110 Å². The van der Waals surface area contributed by atoms with E-state index >= 15 is 0 Å². The molecule has 0 aliphatic carbocycles. The number of ether oxygens (including phenoxy) is 5. The van der Waals surface area contributed by atoms with Gasteiger partial charge in [-0.25, -0.2) is 0 Å². The number of esters is 1. The summed E-state index contributed by atoms with van der Waals surface area (Å²) in [5.74, 6) is -1.32. The third kappa shape index (κ3) is 14.3. The average Bonchev–Trinajstić information content (AvgIpc) is 3.01. The molecule has 2 aliphatic heterocycles. The lowest BCUT2D eigenvalue weighted by molar-refractivity contribution is -0.371. The van der Waals surface area contributed by atoms with Gasteiger partial charge in [0.25, 0.3) is 0 Å². The van der Waals surface area contributed by atoms with Gasteiger partial charge in [0.05, 0.1) is 12.7 Å². The van der Waals surface area contributed by atoms with Crippen LogP contribution in [0.4, 0.5) is 0 Å². The topological polar surface area (TPSA) is 222 Å². The van der Waals surface area contributed by atoms with Gasteiger partial charge in [0, 0.05) is 13.3 Å². The van der Waals surface area contributed by atoms with Crippen LogP contribution in [0.25, 0.3) is 0 Å². The highest BCUT2D eigenvalue weighted by Crippen LogP contribution is 2.31. The van der Waals surface area contributed by atoms with Crippen molar-refractivity contribution in [3.63, 3.8) is 0 Å². The van der Waals surface area contributed by atoms with Crippen LogP contribution in [0.2, 0.25) is 0 Å². The zero-order valence-electron chi connectivity index (χ0n) is 27.4. The van der Waals surface area contributed by atoms with E-state index in [1.165, 1.54) is 45.4 Å². The van der Waals surface area contributed by atoms with Gasteiger partial charge in [-0.2, -0.15) is 0 Å². The van der Waals surface area contributed by atoms with E-state index in [0.29, 0.717) is 6.42 Å². The number of aliphatic carboxylic acids is 1. The van der Waals surface area contributed by atoms with Crippen LogP contribution < -0.4 is 0 Å². The average molecular weight is 667 g/mol.